The zero-order valence-electron chi connectivity index (χ0n) is 19.8. The van der Waals surface area contributed by atoms with Crippen LogP contribution in [0.2, 0.25) is 0 Å². The zero-order valence-corrected chi connectivity index (χ0v) is 19.8. The molecule has 0 spiro atoms. The topological polar surface area (TPSA) is 90.1 Å². The van der Waals surface area contributed by atoms with Crippen LogP contribution < -0.4 is 10.6 Å². The van der Waals surface area contributed by atoms with Crippen LogP contribution in [0.5, 0.6) is 0 Å². The summed E-state index contributed by atoms with van der Waals surface area (Å²) in [5.74, 6) is -2.84. The SMILES string of the molecule is CC(C)[C@@H](NC(=O)c1cc(C(F)(F)F)ccc1F)C(=O)N1CCC(Nc2ccc3[nH]ncc3c2)CC1. The Labute approximate surface area is 205 Å². The number of nitrogens with zero attached hydrogens (tertiary/aromatic N) is 2. The summed E-state index contributed by atoms with van der Waals surface area (Å²) in [6.07, 6.45) is -1.63. The quantitative estimate of drug-likeness (QED) is 0.428. The lowest BCUT2D eigenvalue weighted by molar-refractivity contribution is -0.138. The molecule has 0 radical (unpaired) electrons. The lowest BCUT2D eigenvalue weighted by Gasteiger charge is -2.36. The Morgan fingerprint density at radius 2 is 1.83 bits per heavy atom. The number of amides is 2. The van der Waals surface area contributed by atoms with Crippen LogP contribution in [0.3, 0.4) is 0 Å². The van der Waals surface area contributed by atoms with Crippen molar-refractivity contribution >= 4 is 28.4 Å². The molecule has 0 bridgehead atoms. The zero-order chi connectivity index (χ0) is 26.0. The van der Waals surface area contributed by atoms with Gasteiger partial charge in [-0.3, -0.25) is 14.7 Å². The Balaban J connectivity index is 1.38. The molecular formula is C25H27F4N5O2. The Morgan fingerprint density at radius 1 is 1.11 bits per heavy atom. The number of fused-ring (bicyclic) bond motifs is 1. The number of aromatic amines is 1. The molecule has 36 heavy (non-hydrogen) atoms. The average molecular weight is 506 g/mol. The molecule has 11 heteroatoms. The minimum atomic E-state index is -4.72. The summed E-state index contributed by atoms with van der Waals surface area (Å²) in [6, 6.07) is 6.67. The average Bonchev–Trinajstić information content (AvgIpc) is 3.30. The first-order valence-electron chi connectivity index (χ1n) is 11.7. The third-order valence-electron chi connectivity index (χ3n) is 6.38. The van der Waals surface area contributed by atoms with Gasteiger partial charge in [-0.15, -0.1) is 0 Å². The number of carbonyl (C=O) groups excluding carboxylic acids is 2. The molecule has 1 aliphatic heterocycles. The summed E-state index contributed by atoms with van der Waals surface area (Å²) < 4.78 is 53.2. The molecular weight excluding hydrogens is 478 g/mol. The fourth-order valence-electron chi connectivity index (χ4n) is 4.32. The molecule has 1 aliphatic rings. The maximum absolute atomic E-state index is 14.2. The van der Waals surface area contributed by atoms with Crippen molar-refractivity contribution in [2.45, 2.75) is 44.9 Å². The van der Waals surface area contributed by atoms with Crippen LogP contribution in [0.15, 0.2) is 42.6 Å². The molecule has 192 valence electrons. The van der Waals surface area contributed by atoms with Crippen LogP contribution in [0.25, 0.3) is 10.9 Å². The van der Waals surface area contributed by atoms with Crippen molar-refractivity contribution in [1.29, 1.82) is 0 Å². The van der Waals surface area contributed by atoms with E-state index in [9.17, 15) is 27.2 Å². The van der Waals surface area contributed by atoms with Gasteiger partial charge in [0.2, 0.25) is 5.91 Å². The molecule has 3 N–H and O–H groups in total. The lowest BCUT2D eigenvalue weighted by Crippen LogP contribution is -2.54. The van der Waals surface area contributed by atoms with E-state index < -0.39 is 35.1 Å². The number of aromatic nitrogens is 2. The van der Waals surface area contributed by atoms with E-state index in [0.717, 1.165) is 16.6 Å². The highest BCUT2D eigenvalue weighted by Gasteiger charge is 2.34. The van der Waals surface area contributed by atoms with Crippen molar-refractivity contribution < 1.29 is 27.2 Å². The molecule has 2 amide bonds. The number of H-pyrrole nitrogens is 1. The second kappa shape index (κ2) is 10.2. The van der Waals surface area contributed by atoms with Gasteiger partial charge in [0.15, 0.2) is 0 Å². The monoisotopic (exact) mass is 505 g/mol. The predicted octanol–water partition coefficient (Wildman–Crippen LogP) is 4.58. The van der Waals surface area contributed by atoms with Crippen LogP contribution in [0.1, 0.15) is 42.6 Å². The molecule has 1 aromatic heterocycles. The molecule has 1 saturated heterocycles. The Morgan fingerprint density at radius 3 is 2.50 bits per heavy atom. The molecule has 1 atom stereocenters. The third kappa shape index (κ3) is 5.60. The summed E-state index contributed by atoms with van der Waals surface area (Å²) in [5, 5.41) is 13.8. The molecule has 4 rings (SSSR count). The predicted molar refractivity (Wildman–Crippen MR) is 127 cm³/mol. The smallest absolute Gasteiger partial charge is 0.382 e. The summed E-state index contributed by atoms with van der Waals surface area (Å²) in [4.78, 5) is 27.5. The van der Waals surface area contributed by atoms with Gasteiger partial charge in [-0.05, 0) is 55.2 Å². The van der Waals surface area contributed by atoms with E-state index in [4.69, 9.17) is 0 Å². The first kappa shape index (κ1) is 25.5. The highest BCUT2D eigenvalue weighted by atomic mass is 19.4. The van der Waals surface area contributed by atoms with E-state index in [2.05, 4.69) is 20.8 Å². The standard InChI is InChI=1S/C25H27F4N5O2/c1-14(2)22(32-23(35)19-12-16(25(27,28)29)3-5-20(19)26)24(36)34-9-7-17(8-10-34)31-18-4-6-21-15(11-18)13-30-33-21/h3-6,11-14,17,22,31H,7-10H2,1-2H3,(H,30,33)(H,32,35)/t22-/m1/s1. The molecule has 0 unspecified atom stereocenters. The van der Waals surface area contributed by atoms with Gasteiger partial charge in [-0.1, -0.05) is 13.8 Å². The summed E-state index contributed by atoms with van der Waals surface area (Å²) in [5.41, 5.74) is 0.000560. The molecule has 2 heterocycles. The summed E-state index contributed by atoms with van der Waals surface area (Å²) in [7, 11) is 0. The maximum atomic E-state index is 14.2. The number of piperidine rings is 1. The van der Waals surface area contributed by atoms with Gasteiger partial charge < -0.3 is 15.5 Å². The van der Waals surface area contributed by atoms with Crippen molar-refractivity contribution in [3.05, 3.63) is 59.5 Å². The van der Waals surface area contributed by atoms with Crippen LogP contribution in [0, 0.1) is 11.7 Å². The van der Waals surface area contributed by atoms with Crippen molar-refractivity contribution in [1.82, 2.24) is 20.4 Å². The second-order valence-corrected chi connectivity index (χ2v) is 9.30. The molecule has 7 nitrogen and oxygen atoms in total. The minimum Gasteiger partial charge on any atom is -0.382 e. The van der Waals surface area contributed by atoms with Crippen molar-refractivity contribution in [3.8, 4) is 0 Å². The van der Waals surface area contributed by atoms with E-state index in [1.165, 1.54) is 0 Å². The lowest BCUT2D eigenvalue weighted by atomic mass is 9.98. The Hall–Kier alpha value is -3.63. The van der Waals surface area contributed by atoms with Gasteiger partial charge in [0.1, 0.15) is 11.9 Å². The highest BCUT2D eigenvalue weighted by molar-refractivity contribution is 5.98. The summed E-state index contributed by atoms with van der Waals surface area (Å²) >= 11 is 0. The molecule has 3 aromatic rings. The fourth-order valence-corrected chi connectivity index (χ4v) is 4.32. The van der Waals surface area contributed by atoms with Gasteiger partial charge in [-0.2, -0.15) is 18.3 Å². The third-order valence-corrected chi connectivity index (χ3v) is 6.38. The number of likely N-dealkylation sites (tertiary alicyclic amines) is 1. The van der Waals surface area contributed by atoms with Gasteiger partial charge in [0.05, 0.1) is 22.8 Å². The number of halogens is 4. The second-order valence-electron chi connectivity index (χ2n) is 9.30. The van der Waals surface area contributed by atoms with E-state index in [1.807, 2.05) is 18.2 Å². The van der Waals surface area contributed by atoms with Crippen molar-refractivity contribution in [2.75, 3.05) is 18.4 Å². The molecule has 0 aliphatic carbocycles. The van der Waals surface area contributed by atoms with Gasteiger partial charge in [0, 0.05) is 30.2 Å². The number of carbonyl (C=O) groups is 2. The van der Waals surface area contributed by atoms with Crippen LogP contribution >= 0.6 is 0 Å². The maximum Gasteiger partial charge on any atom is 0.416 e. The number of hydrogen-bond acceptors (Lipinski definition) is 4. The van der Waals surface area contributed by atoms with Gasteiger partial charge >= 0.3 is 6.18 Å². The van der Waals surface area contributed by atoms with E-state index >= 15 is 0 Å². The largest absolute Gasteiger partial charge is 0.416 e. The number of alkyl halides is 3. The first-order chi connectivity index (χ1) is 17.0. The summed E-state index contributed by atoms with van der Waals surface area (Å²) in [6.45, 7) is 4.32. The van der Waals surface area contributed by atoms with Crippen LogP contribution in [0.4, 0.5) is 23.2 Å². The number of rotatable bonds is 6. The van der Waals surface area contributed by atoms with Crippen molar-refractivity contribution in [3.63, 3.8) is 0 Å². The molecule has 1 fully saturated rings. The Bertz CT molecular complexity index is 1250. The highest BCUT2D eigenvalue weighted by Crippen LogP contribution is 2.30. The van der Waals surface area contributed by atoms with E-state index in [1.54, 1.807) is 24.9 Å². The number of hydrogen-bond donors (Lipinski definition) is 3. The van der Waals surface area contributed by atoms with Crippen LogP contribution in [-0.2, 0) is 11.0 Å². The fraction of sp³-hybridized carbons (Fsp3) is 0.400. The Kier molecular flexibility index (Phi) is 7.18. The molecule has 0 saturated carbocycles. The van der Waals surface area contributed by atoms with Crippen molar-refractivity contribution in [2.24, 2.45) is 5.92 Å². The normalized spacial score (nSPS) is 15.8. The molecule has 2 aromatic carbocycles. The van der Waals surface area contributed by atoms with Gasteiger partial charge in [-0.25, -0.2) is 4.39 Å². The van der Waals surface area contributed by atoms with E-state index in [0.29, 0.717) is 44.1 Å². The number of benzene rings is 2. The first-order valence-corrected chi connectivity index (χ1v) is 11.7. The van der Waals surface area contributed by atoms with Gasteiger partial charge in [0.25, 0.3) is 5.91 Å². The minimum absolute atomic E-state index is 0.143. The van der Waals surface area contributed by atoms with E-state index in [-0.39, 0.29) is 17.9 Å². The number of nitrogens with one attached hydrogen (secondary N) is 3. The van der Waals surface area contributed by atoms with Crippen LogP contribution in [-0.4, -0.2) is 52.1 Å². The number of anilines is 1.